The van der Waals surface area contributed by atoms with E-state index in [4.69, 9.17) is 0 Å². The second kappa shape index (κ2) is 5.71. The number of β-amino-alcohol motifs (C(OH)–C–C–N with tert-alkyl or cyclic N) is 1. The predicted octanol–water partition coefficient (Wildman–Crippen LogP) is 2.37. The zero-order valence-electron chi connectivity index (χ0n) is 9.72. The molecule has 1 aromatic carbocycles. The van der Waals surface area contributed by atoms with E-state index in [1.807, 2.05) is 0 Å². The molecule has 0 aromatic heterocycles. The van der Waals surface area contributed by atoms with Crippen molar-refractivity contribution in [3.05, 3.63) is 29.8 Å². The number of aliphatic hydroxyl groups is 1. The minimum absolute atomic E-state index is 0.126. The first kappa shape index (κ1) is 12.0. The summed E-state index contributed by atoms with van der Waals surface area (Å²) in [6, 6.07) is 8.71. The third kappa shape index (κ3) is 3.24. The van der Waals surface area contributed by atoms with Crippen molar-refractivity contribution in [2.24, 2.45) is 0 Å². The second-order valence-corrected chi connectivity index (χ2v) is 5.26. The van der Waals surface area contributed by atoms with Gasteiger partial charge in [-0.1, -0.05) is 12.1 Å². The molecule has 2 nitrogen and oxygen atoms in total. The summed E-state index contributed by atoms with van der Waals surface area (Å²) < 4.78 is 0. The van der Waals surface area contributed by atoms with Crippen molar-refractivity contribution < 1.29 is 5.11 Å². The summed E-state index contributed by atoms with van der Waals surface area (Å²) in [7, 11) is 0. The largest absolute Gasteiger partial charge is 0.392 e. The summed E-state index contributed by atoms with van der Waals surface area (Å²) in [5.74, 6) is 0. The lowest BCUT2D eigenvalue weighted by Gasteiger charge is -2.29. The van der Waals surface area contributed by atoms with Crippen LogP contribution in [0.3, 0.4) is 0 Å². The third-order valence-corrected chi connectivity index (χ3v) is 3.79. The quantitative estimate of drug-likeness (QED) is 0.816. The molecule has 0 saturated carbocycles. The Morgan fingerprint density at radius 1 is 1.38 bits per heavy atom. The van der Waals surface area contributed by atoms with Crippen LogP contribution in [0.25, 0.3) is 0 Å². The highest BCUT2D eigenvalue weighted by molar-refractivity contribution is 7.98. The molecule has 0 aliphatic carbocycles. The molecule has 1 aromatic rings. The van der Waals surface area contributed by atoms with Crippen molar-refractivity contribution in [1.29, 1.82) is 0 Å². The molecule has 1 saturated heterocycles. The molecule has 1 atom stereocenters. The number of nitrogens with zero attached hydrogens (tertiary/aromatic N) is 1. The molecule has 0 spiro atoms. The molecule has 1 N–H and O–H groups in total. The van der Waals surface area contributed by atoms with Gasteiger partial charge in [0.2, 0.25) is 0 Å². The number of likely N-dealkylation sites (tertiary alicyclic amines) is 1. The maximum Gasteiger partial charge on any atom is 0.0667 e. The molecule has 16 heavy (non-hydrogen) atoms. The molecule has 0 unspecified atom stereocenters. The average Bonchev–Trinajstić information content (AvgIpc) is 2.30. The van der Waals surface area contributed by atoms with Gasteiger partial charge in [0, 0.05) is 18.0 Å². The minimum atomic E-state index is -0.126. The summed E-state index contributed by atoms with van der Waals surface area (Å²) >= 11 is 1.77. The van der Waals surface area contributed by atoms with Crippen LogP contribution >= 0.6 is 11.8 Å². The zero-order chi connectivity index (χ0) is 11.4. The van der Waals surface area contributed by atoms with Gasteiger partial charge >= 0.3 is 0 Å². The lowest BCUT2D eigenvalue weighted by Crippen LogP contribution is -2.37. The first-order valence-electron chi connectivity index (χ1n) is 5.81. The van der Waals surface area contributed by atoms with Crippen LogP contribution in [0.4, 0.5) is 0 Å². The van der Waals surface area contributed by atoms with Crippen LogP contribution < -0.4 is 0 Å². The van der Waals surface area contributed by atoms with Gasteiger partial charge in [0.15, 0.2) is 0 Å². The molecule has 1 aliphatic rings. The monoisotopic (exact) mass is 237 g/mol. The van der Waals surface area contributed by atoms with Crippen LogP contribution in [0, 0.1) is 0 Å². The van der Waals surface area contributed by atoms with Crippen molar-refractivity contribution in [2.75, 3.05) is 19.3 Å². The molecule has 1 heterocycles. The Labute approximate surface area is 102 Å². The van der Waals surface area contributed by atoms with Crippen LogP contribution in [0.15, 0.2) is 29.2 Å². The standard InChI is InChI=1S/C13H19NOS/c1-16-13-6-4-11(5-7-13)9-14-8-2-3-12(15)10-14/h4-7,12,15H,2-3,8-10H2,1H3/t12-/m1/s1. The van der Waals surface area contributed by atoms with Gasteiger partial charge in [-0.25, -0.2) is 0 Å². The van der Waals surface area contributed by atoms with E-state index in [1.165, 1.54) is 10.5 Å². The summed E-state index contributed by atoms with van der Waals surface area (Å²) in [5.41, 5.74) is 1.34. The minimum Gasteiger partial charge on any atom is -0.392 e. The zero-order valence-corrected chi connectivity index (χ0v) is 10.5. The Balaban J connectivity index is 1.92. The lowest BCUT2D eigenvalue weighted by atomic mass is 10.1. The van der Waals surface area contributed by atoms with Crippen molar-refractivity contribution >= 4 is 11.8 Å². The number of piperidine rings is 1. The summed E-state index contributed by atoms with van der Waals surface area (Å²) in [5, 5.41) is 9.59. The smallest absolute Gasteiger partial charge is 0.0667 e. The highest BCUT2D eigenvalue weighted by Crippen LogP contribution is 2.17. The fraction of sp³-hybridized carbons (Fsp3) is 0.538. The molecular weight excluding hydrogens is 218 g/mol. The van der Waals surface area contributed by atoms with E-state index in [1.54, 1.807) is 11.8 Å². The number of benzene rings is 1. The van der Waals surface area contributed by atoms with Crippen LogP contribution in [-0.2, 0) is 6.54 Å². The predicted molar refractivity (Wildman–Crippen MR) is 68.7 cm³/mol. The molecule has 2 rings (SSSR count). The van der Waals surface area contributed by atoms with Crippen LogP contribution in [0.2, 0.25) is 0 Å². The number of thioether (sulfide) groups is 1. The van der Waals surface area contributed by atoms with Crippen molar-refractivity contribution in [3.8, 4) is 0 Å². The maximum atomic E-state index is 9.59. The lowest BCUT2D eigenvalue weighted by molar-refractivity contribution is 0.0668. The Bertz CT molecular complexity index is 325. The Kier molecular flexibility index (Phi) is 4.27. The Hall–Kier alpha value is -0.510. The van der Waals surface area contributed by atoms with Gasteiger partial charge in [0.1, 0.15) is 0 Å². The van der Waals surface area contributed by atoms with E-state index in [9.17, 15) is 5.11 Å². The average molecular weight is 237 g/mol. The maximum absolute atomic E-state index is 9.59. The van der Waals surface area contributed by atoms with E-state index >= 15 is 0 Å². The summed E-state index contributed by atoms with van der Waals surface area (Å²) in [6.07, 6.45) is 4.04. The van der Waals surface area contributed by atoms with Crippen molar-refractivity contribution in [3.63, 3.8) is 0 Å². The fourth-order valence-corrected chi connectivity index (χ4v) is 2.57. The van der Waals surface area contributed by atoms with Gasteiger partial charge in [-0.3, -0.25) is 4.90 Å². The van der Waals surface area contributed by atoms with E-state index < -0.39 is 0 Å². The Morgan fingerprint density at radius 3 is 2.75 bits per heavy atom. The fourth-order valence-electron chi connectivity index (χ4n) is 2.16. The highest BCUT2D eigenvalue weighted by atomic mass is 32.2. The topological polar surface area (TPSA) is 23.5 Å². The van der Waals surface area contributed by atoms with Crippen molar-refractivity contribution in [2.45, 2.75) is 30.4 Å². The second-order valence-electron chi connectivity index (χ2n) is 4.38. The van der Waals surface area contributed by atoms with E-state index in [-0.39, 0.29) is 6.10 Å². The number of aliphatic hydroxyl groups excluding tert-OH is 1. The molecule has 1 aliphatic heterocycles. The summed E-state index contributed by atoms with van der Waals surface area (Å²) in [4.78, 5) is 3.64. The SMILES string of the molecule is CSc1ccc(CN2CCC[C@@H](O)C2)cc1. The molecular formula is C13H19NOS. The summed E-state index contributed by atoms with van der Waals surface area (Å²) in [6.45, 7) is 2.90. The first-order chi connectivity index (χ1) is 7.78. The number of rotatable bonds is 3. The van der Waals surface area contributed by atoms with Crippen LogP contribution in [-0.4, -0.2) is 35.5 Å². The van der Waals surface area contributed by atoms with Crippen LogP contribution in [0.1, 0.15) is 18.4 Å². The molecule has 3 heteroatoms. The van der Waals surface area contributed by atoms with Gasteiger partial charge in [-0.2, -0.15) is 0 Å². The number of hydrogen-bond acceptors (Lipinski definition) is 3. The van der Waals surface area contributed by atoms with Gasteiger partial charge in [0.05, 0.1) is 6.10 Å². The van der Waals surface area contributed by atoms with Gasteiger partial charge in [-0.15, -0.1) is 11.8 Å². The molecule has 1 fully saturated rings. The molecule has 88 valence electrons. The molecule has 0 radical (unpaired) electrons. The van der Waals surface area contributed by atoms with Crippen LogP contribution in [0.5, 0.6) is 0 Å². The first-order valence-corrected chi connectivity index (χ1v) is 7.04. The molecule has 0 bridgehead atoms. The van der Waals surface area contributed by atoms with E-state index in [2.05, 4.69) is 35.4 Å². The normalized spacial score (nSPS) is 22.2. The van der Waals surface area contributed by atoms with Gasteiger partial charge < -0.3 is 5.11 Å². The van der Waals surface area contributed by atoms with Gasteiger partial charge in [0.25, 0.3) is 0 Å². The van der Waals surface area contributed by atoms with Gasteiger partial charge in [-0.05, 0) is 43.3 Å². The highest BCUT2D eigenvalue weighted by Gasteiger charge is 2.17. The number of hydrogen-bond donors (Lipinski definition) is 1. The van der Waals surface area contributed by atoms with E-state index in [0.717, 1.165) is 32.5 Å². The third-order valence-electron chi connectivity index (χ3n) is 3.05. The Morgan fingerprint density at radius 2 is 2.12 bits per heavy atom. The molecule has 0 amide bonds. The van der Waals surface area contributed by atoms with E-state index in [0.29, 0.717) is 0 Å². The van der Waals surface area contributed by atoms with Crippen molar-refractivity contribution in [1.82, 2.24) is 4.90 Å².